The van der Waals surface area contributed by atoms with E-state index < -0.39 is 0 Å². The molecule has 0 atom stereocenters. The molecule has 2 N–H and O–H groups in total. The van der Waals surface area contributed by atoms with Crippen molar-refractivity contribution in [3.8, 4) is 5.75 Å². The second-order valence-electron chi connectivity index (χ2n) is 5.23. The number of carbonyl (C=O) groups is 1. The van der Waals surface area contributed by atoms with Gasteiger partial charge < -0.3 is 10.1 Å². The minimum Gasteiger partial charge on any atom is -0.490 e. The van der Waals surface area contributed by atoms with E-state index in [1.165, 1.54) is 0 Å². The summed E-state index contributed by atoms with van der Waals surface area (Å²) in [6, 6.07) is 12.6. The molecule has 0 aliphatic heterocycles. The first-order valence-corrected chi connectivity index (χ1v) is 9.18. The average Bonchev–Trinajstić information content (AvgIpc) is 2.51. The smallest absolute Gasteiger partial charge is 0.257 e. The second kappa shape index (κ2) is 8.60. The maximum atomic E-state index is 12.3. The molecule has 0 aliphatic carbocycles. The number of halogens is 2. The molecule has 2 aromatic rings. The third kappa shape index (κ3) is 5.58. The molecule has 7 heteroatoms. The average molecular weight is 472 g/mol. The summed E-state index contributed by atoms with van der Waals surface area (Å²) in [4.78, 5) is 12.3. The first-order chi connectivity index (χ1) is 11.3. The Labute approximate surface area is 163 Å². The minimum absolute atomic E-state index is 0.0589. The Kier molecular flexibility index (Phi) is 6.77. The number of anilines is 1. The number of ether oxygens (including phenoxy) is 1. The zero-order valence-electron chi connectivity index (χ0n) is 13.1. The molecule has 0 aliphatic rings. The molecule has 0 bridgehead atoms. The molecule has 0 aromatic heterocycles. The van der Waals surface area contributed by atoms with Crippen molar-refractivity contribution in [1.29, 1.82) is 0 Å². The number of nitrogens with one attached hydrogen (secondary N) is 2. The van der Waals surface area contributed by atoms with E-state index in [2.05, 4.69) is 42.5 Å². The Morgan fingerprint density at radius 1 is 1.12 bits per heavy atom. The number of thiocarbonyl (C=S) groups is 1. The molecule has 0 fully saturated rings. The van der Waals surface area contributed by atoms with Gasteiger partial charge in [0.2, 0.25) is 0 Å². The molecule has 2 aromatic carbocycles. The van der Waals surface area contributed by atoms with Gasteiger partial charge in [-0.2, -0.15) is 0 Å². The van der Waals surface area contributed by atoms with Crippen molar-refractivity contribution in [3.05, 3.63) is 57.0 Å². The Hall–Kier alpha value is -1.44. The predicted molar refractivity (Wildman–Crippen MR) is 108 cm³/mol. The molecule has 4 nitrogen and oxygen atoms in total. The van der Waals surface area contributed by atoms with Gasteiger partial charge in [0.05, 0.1) is 10.6 Å². The van der Waals surface area contributed by atoms with Gasteiger partial charge in [-0.3, -0.25) is 10.1 Å². The van der Waals surface area contributed by atoms with E-state index in [4.69, 9.17) is 17.0 Å². The molecular formula is C17H16Br2N2O2S. The fourth-order valence-electron chi connectivity index (χ4n) is 1.86. The first-order valence-electron chi connectivity index (χ1n) is 7.19. The van der Waals surface area contributed by atoms with Crippen molar-refractivity contribution in [2.24, 2.45) is 0 Å². The van der Waals surface area contributed by atoms with Crippen molar-refractivity contribution in [3.63, 3.8) is 0 Å². The van der Waals surface area contributed by atoms with Crippen molar-refractivity contribution >= 4 is 60.8 Å². The molecule has 0 spiro atoms. The fraction of sp³-hybridized carbons (Fsp3) is 0.176. The van der Waals surface area contributed by atoms with E-state index in [1.807, 2.05) is 38.1 Å². The molecule has 2 rings (SSSR count). The summed E-state index contributed by atoms with van der Waals surface area (Å²) in [5, 5.41) is 5.86. The van der Waals surface area contributed by atoms with Gasteiger partial charge in [0.15, 0.2) is 5.11 Å². The summed E-state index contributed by atoms with van der Waals surface area (Å²) in [6.45, 7) is 3.89. The van der Waals surface area contributed by atoms with Gasteiger partial charge in [-0.15, -0.1) is 0 Å². The van der Waals surface area contributed by atoms with Crippen LogP contribution in [0.4, 0.5) is 5.69 Å². The van der Waals surface area contributed by atoms with Crippen molar-refractivity contribution < 1.29 is 9.53 Å². The van der Waals surface area contributed by atoms with Crippen LogP contribution in [0.1, 0.15) is 24.2 Å². The van der Waals surface area contributed by atoms with Crippen LogP contribution in [0.15, 0.2) is 51.4 Å². The largest absolute Gasteiger partial charge is 0.490 e. The van der Waals surface area contributed by atoms with Crippen LogP contribution >= 0.6 is 44.1 Å². The molecule has 24 heavy (non-hydrogen) atoms. The van der Waals surface area contributed by atoms with Gasteiger partial charge in [-0.1, -0.05) is 15.9 Å². The summed E-state index contributed by atoms with van der Waals surface area (Å²) < 4.78 is 7.32. The van der Waals surface area contributed by atoms with E-state index in [1.54, 1.807) is 18.2 Å². The highest BCUT2D eigenvalue weighted by Gasteiger charge is 2.11. The fourth-order valence-corrected chi connectivity index (χ4v) is 2.81. The monoisotopic (exact) mass is 470 g/mol. The maximum Gasteiger partial charge on any atom is 0.257 e. The normalized spacial score (nSPS) is 10.4. The van der Waals surface area contributed by atoms with Gasteiger partial charge in [-0.05, 0) is 84.5 Å². The number of carbonyl (C=O) groups excluding carboxylic acids is 1. The van der Waals surface area contributed by atoms with Crippen molar-refractivity contribution in [1.82, 2.24) is 5.32 Å². The summed E-state index contributed by atoms with van der Waals surface area (Å²) >= 11 is 11.9. The van der Waals surface area contributed by atoms with E-state index in [9.17, 15) is 4.79 Å². The third-order valence-electron chi connectivity index (χ3n) is 2.89. The van der Waals surface area contributed by atoms with Gasteiger partial charge >= 0.3 is 0 Å². The van der Waals surface area contributed by atoms with Crippen LogP contribution in [-0.4, -0.2) is 17.1 Å². The minimum atomic E-state index is -0.290. The van der Waals surface area contributed by atoms with Crippen molar-refractivity contribution in [2.75, 3.05) is 5.32 Å². The molecule has 0 saturated heterocycles. The number of benzene rings is 2. The standard InChI is InChI=1S/C17H16Br2N2O2S/c1-10(2)23-15-8-3-11(9-14(15)19)16(22)21-17(24)20-13-6-4-12(18)5-7-13/h3-10H,1-2H3,(H2,20,21,22,24). The SMILES string of the molecule is CC(C)Oc1ccc(C(=O)NC(=S)Nc2ccc(Br)cc2)cc1Br. The molecule has 126 valence electrons. The topological polar surface area (TPSA) is 50.4 Å². The quantitative estimate of drug-likeness (QED) is 0.607. The van der Waals surface area contributed by atoms with Gasteiger partial charge in [0.1, 0.15) is 5.75 Å². The maximum absolute atomic E-state index is 12.3. The highest BCUT2D eigenvalue weighted by molar-refractivity contribution is 9.10. The Balaban J connectivity index is 1.99. The summed E-state index contributed by atoms with van der Waals surface area (Å²) in [7, 11) is 0. The van der Waals surface area contributed by atoms with E-state index in [-0.39, 0.29) is 17.1 Å². The third-order valence-corrected chi connectivity index (χ3v) is 4.24. The highest BCUT2D eigenvalue weighted by Crippen LogP contribution is 2.27. The Morgan fingerprint density at radius 2 is 1.79 bits per heavy atom. The van der Waals surface area contributed by atoms with Crippen molar-refractivity contribution in [2.45, 2.75) is 20.0 Å². The lowest BCUT2D eigenvalue weighted by Crippen LogP contribution is -2.34. The first kappa shape index (κ1) is 18.9. The molecule has 1 amide bonds. The van der Waals surface area contributed by atoms with Crippen LogP contribution in [0.2, 0.25) is 0 Å². The van der Waals surface area contributed by atoms with Crippen LogP contribution in [0.25, 0.3) is 0 Å². The number of hydrogen-bond acceptors (Lipinski definition) is 3. The van der Waals surface area contributed by atoms with Crippen LogP contribution in [-0.2, 0) is 0 Å². The van der Waals surface area contributed by atoms with Crippen LogP contribution in [0.3, 0.4) is 0 Å². The molecule has 0 radical (unpaired) electrons. The number of hydrogen-bond donors (Lipinski definition) is 2. The molecule has 0 heterocycles. The summed E-state index contributed by atoms with van der Waals surface area (Å²) in [5.41, 5.74) is 1.28. The summed E-state index contributed by atoms with van der Waals surface area (Å²) in [6.07, 6.45) is 0.0589. The molecular weight excluding hydrogens is 456 g/mol. The van der Waals surface area contributed by atoms with Gasteiger partial charge in [-0.25, -0.2) is 0 Å². The van der Waals surface area contributed by atoms with E-state index in [0.29, 0.717) is 11.3 Å². The Morgan fingerprint density at radius 3 is 2.38 bits per heavy atom. The van der Waals surface area contributed by atoms with Crippen LogP contribution in [0.5, 0.6) is 5.75 Å². The number of amides is 1. The summed E-state index contributed by atoms with van der Waals surface area (Å²) in [5.74, 6) is 0.401. The lowest BCUT2D eigenvalue weighted by Gasteiger charge is -2.13. The second-order valence-corrected chi connectivity index (χ2v) is 7.41. The number of rotatable bonds is 4. The molecule has 0 unspecified atom stereocenters. The van der Waals surface area contributed by atoms with E-state index >= 15 is 0 Å². The highest BCUT2D eigenvalue weighted by atomic mass is 79.9. The zero-order chi connectivity index (χ0) is 17.7. The predicted octanol–water partition coefficient (Wildman–Crippen LogP) is 5.13. The van der Waals surface area contributed by atoms with Gasteiger partial charge in [0, 0.05) is 15.7 Å². The van der Waals surface area contributed by atoms with Crippen LogP contribution in [0, 0.1) is 0 Å². The zero-order valence-corrected chi connectivity index (χ0v) is 17.1. The van der Waals surface area contributed by atoms with Crippen LogP contribution < -0.4 is 15.4 Å². The van der Waals surface area contributed by atoms with E-state index in [0.717, 1.165) is 14.6 Å². The van der Waals surface area contributed by atoms with Gasteiger partial charge in [0.25, 0.3) is 5.91 Å². The molecule has 0 saturated carbocycles. The lowest BCUT2D eigenvalue weighted by molar-refractivity contribution is 0.0977. The Bertz CT molecular complexity index is 749. The lowest BCUT2D eigenvalue weighted by atomic mass is 10.2.